The van der Waals surface area contributed by atoms with Crippen LogP contribution >= 0.6 is 0 Å². The quantitative estimate of drug-likeness (QED) is 0.236. The Balaban J connectivity index is 1.56. The summed E-state index contributed by atoms with van der Waals surface area (Å²) in [6.45, 7) is 6.82. The minimum atomic E-state index is -0.539. The fourth-order valence-corrected chi connectivity index (χ4v) is 4.49. The van der Waals surface area contributed by atoms with E-state index >= 15 is 0 Å². The van der Waals surface area contributed by atoms with Crippen molar-refractivity contribution in [1.82, 2.24) is 10.4 Å². The SMILES string of the molecule is CC(C)(C)c1[nH]c2ccccc2c1-c1c(NNC(=O)OCc2ccccc2)ccc2ccccc12. The third kappa shape index (κ3) is 4.58. The second-order valence-electron chi connectivity index (χ2n) is 9.69. The molecule has 0 spiro atoms. The molecule has 0 radical (unpaired) electrons. The van der Waals surface area contributed by atoms with Crippen LogP contribution in [-0.2, 0) is 16.8 Å². The summed E-state index contributed by atoms with van der Waals surface area (Å²) in [5.74, 6) is 0. The lowest BCUT2D eigenvalue weighted by Gasteiger charge is -2.22. The van der Waals surface area contributed by atoms with E-state index < -0.39 is 6.09 Å². The van der Waals surface area contributed by atoms with Crippen LogP contribution in [0.2, 0.25) is 0 Å². The Hall–Kier alpha value is -4.25. The van der Waals surface area contributed by atoms with Crippen LogP contribution in [0.5, 0.6) is 0 Å². The van der Waals surface area contributed by atoms with Crippen molar-refractivity contribution >= 4 is 33.5 Å². The van der Waals surface area contributed by atoms with Crippen molar-refractivity contribution < 1.29 is 9.53 Å². The summed E-state index contributed by atoms with van der Waals surface area (Å²) >= 11 is 0. The van der Waals surface area contributed by atoms with Crippen LogP contribution in [0, 0.1) is 0 Å². The molecule has 0 fully saturated rings. The first-order valence-corrected chi connectivity index (χ1v) is 11.8. The van der Waals surface area contributed by atoms with E-state index in [4.69, 9.17) is 4.74 Å². The number of aromatic nitrogens is 1. The molecule has 35 heavy (non-hydrogen) atoms. The normalized spacial score (nSPS) is 11.5. The Bertz CT molecular complexity index is 1500. The fraction of sp³-hybridized carbons (Fsp3) is 0.167. The van der Waals surface area contributed by atoms with Crippen molar-refractivity contribution in [3.05, 3.63) is 102 Å². The average molecular weight is 464 g/mol. The zero-order valence-electron chi connectivity index (χ0n) is 20.2. The molecule has 0 aliphatic heterocycles. The number of fused-ring (bicyclic) bond motifs is 2. The number of hydrazine groups is 1. The van der Waals surface area contributed by atoms with E-state index in [-0.39, 0.29) is 12.0 Å². The van der Waals surface area contributed by atoms with Crippen LogP contribution in [0.3, 0.4) is 0 Å². The van der Waals surface area contributed by atoms with Crippen molar-refractivity contribution in [1.29, 1.82) is 0 Å². The minimum Gasteiger partial charge on any atom is -0.443 e. The monoisotopic (exact) mass is 463 g/mol. The van der Waals surface area contributed by atoms with E-state index in [9.17, 15) is 4.79 Å². The molecule has 0 unspecified atom stereocenters. The number of para-hydroxylation sites is 1. The van der Waals surface area contributed by atoms with Gasteiger partial charge < -0.3 is 9.72 Å². The number of hydrogen-bond donors (Lipinski definition) is 3. The van der Waals surface area contributed by atoms with E-state index in [0.717, 1.165) is 49.7 Å². The lowest BCUT2D eigenvalue weighted by Crippen LogP contribution is -2.30. The molecule has 4 aromatic carbocycles. The van der Waals surface area contributed by atoms with Gasteiger partial charge in [0.1, 0.15) is 6.61 Å². The van der Waals surface area contributed by atoms with Crippen LogP contribution in [0.1, 0.15) is 32.0 Å². The summed E-state index contributed by atoms with van der Waals surface area (Å²) in [5.41, 5.74) is 11.9. The predicted octanol–water partition coefficient (Wildman–Crippen LogP) is 7.54. The molecule has 3 N–H and O–H groups in total. The molecule has 5 heteroatoms. The number of carbonyl (C=O) groups is 1. The van der Waals surface area contributed by atoms with Crippen LogP contribution in [0.25, 0.3) is 32.8 Å². The molecule has 0 saturated heterocycles. The van der Waals surface area contributed by atoms with Gasteiger partial charge >= 0.3 is 6.09 Å². The number of rotatable bonds is 5. The van der Waals surface area contributed by atoms with Gasteiger partial charge in [-0.1, -0.05) is 99.6 Å². The molecule has 0 bridgehead atoms. The summed E-state index contributed by atoms with van der Waals surface area (Å²) < 4.78 is 5.40. The van der Waals surface area contributed by atoms with Gasteiger partial charge in [0, 0.05) is 33.1 Å². The average Bonchev–Trinajstić information content (AvgIpc) is 3.26. The van der Waals surface area contributed by atoms with Gasteiger partial charge in [-0.25, -0.2) is 10.2 Å². The maximum Gasteiger partial charge on any atom is 0.426 e. The fourth-order valence-electron chi connectivity index (χ4n) is 4.49. The molecule has 5 rings (SSSR count). The van der Waals surface area contributed by atoms with Crippen LogP contribution in [0.15, 0.2) is 91.0 Å². The van der Waals surface area contributed by atoms with Gasteiger partial charge in [0.25, 0.3) is 0 Å². The van der Waals surface area contributed by atoms with Crippen molar-refractivity contribution in [3.8, 4) is 11.1 Å². The van der Waals surface area contributed by atoms with Gasteiger partial charge in [-0.15, -0.1) is 0 Å². The van der Waals surface area contributed by atoms with Crippen LogP contribution in [-0.4, -0.2) is 11.1 Å². The van der Waals surface area contributed by atoms with Crippen LogP contribution in [0.4, 0.5) is 10.5 Å². The minimum absolute atomic E-state index is 0.120. The van der Waals surface area contributed by atoms with E-state index in [2.05, 4.69) is 73.0 Å². The highest BCUT2D eigenvalue weighted by molar-refractivity contribution is 6.11. The van der Waals surface area contributed by atoms with Crippen molar-refractivity contribution in [2.75, 3.05) is 5.43 Å². The summed E-state index contributed by atoms with van der Waals surface area (Å²) in [6, 6.07) is 30.3. The van der Waals surface area contributed by atoms with Gasteiger partial charge in [0.05, 0.1) is 5.69 Å². The van der Waals surface area contributed by atoms with Crippen LogP contribution < -0.4 is 10.9 Å². The third-order valence-corrected chi connectivity index (χ3v) is 6.15. The number of benzene rings is 4. The maximum atomic E-state index is 12.5. The molecule has 1 amide bonds. The first kappa shape index (κ1) is 22.5. The molecule has 5 nitrogen and oxygen atoms in total. The molecule has 0 atom stereocenters. The molecule has 1 aromatic heterocycles. The Morgan fingerprint density at radius 2 is 1.49 bits per heavy atom. The smallest absolute Gasteiger partial charge is 0.426 e. The Labute approximate surface area is 205 Å². The number of carbonyl (C=O) groups excluding carboxylic acids is 1. The Kier molecular flexibility index (Phi) is 5.91. The molecule has 0 aliphatic rings. The lowest BCUT2D eigenvalue weighted by molar-refractivity contribution is 0.142. The van der Waals surface area contributed by atoms with Gasteiger partial charge in [-0.05, 0) is 28.5 Å². The molecular formula is C30H29N3O2. The molecule has 1 heterocycles. The predicted molar refractivity (Wildman–Crippen MR) is 143 cm³/mol. The topological polar surface area (TPSA) is 66.2 Å². The molecule has 0 saturated carbocycles. The first-order valence-electron chi connectivity index (χ1n) is 11.8. The lowest BCUT2D eigenvalue weighted by atomic mass is 9.84. The second kappa shape index (κ2) is 9.18. The second-order valence-corrected chi connectivity index (χ2v) is 9.69. The Morgan fingerprint density at radius 1 is 0.800 bits per heavy atom. The Morgan fingerprint density at radius 3 is 2.26 bits per heavy atom. The van der Waals surface area contributed by atoms with E-state index in [0.29, 0.717) is 0 Å². The number of H-pyrrole nitrogens is 1. The first-order chi connectivity index (χ1) is 16.9. The highest BCUT2D eigenvalue weighted by atomic mass is 16.6. The summed E-state index contributed by atoms with van der Waals surface area (Å²) in [7, 11) is 0. The van der Waals surface area contributed by atoms with E-state index in [1.165, 1.54) is 0 Å². The van der Waals surface area contributed by atoms with E-state index in [1.54, 1.807) is 0 Å². The zero-order valence-corrected chi connectivity index (χ0v) is 20.2. The van der Waals surface area contributed by atoms with Gasteiger partial charge in [-0.2, -0.15) is 0 Å². The summed E-state index contributed by atoms with van der Waals surface area (Å²) in [5, 5.41) is 3.38. The third-order valence-electron chi connectivity index (χ3n) is 6.15. The molecule has 5 aromatic rings. The highest BCUT2D eigenvalue weighted by Crippen LogP contribution is 2.44. The summed E-state index contributed by atoms with van der Waals surface area (Å²) in [6.07, 6.45) is -0.539. The maximum absolute atomic E-state index is 12.5. The number of hydrogen-bond acceptors (Lipinski definition) is 3. The molecule has 176 valence electrons. The van der Waals surface area contributed by atoms with E-state index in [1.807, 2.05) is 54.6 Å². The summed E-state index contributed by atoms with van der Waals surface area (Å²) in [4.78, 5) is 16.1. The van der Waals surface area contributed by atoms with Crippen molar-refractivity contribution in [3.63, 3.8) is 0 Å². The number of anilines is 1. The van der Waals surface area contributed by atoms with Gasteiger partial charge in [0.15, 0.2) is 0 Å². The highest BCUT2D eigenvalue weighted by Gasteiger charge is 2.26. The zero-order chi connectivity index (χ0) is 24.4. The molecule has 0 aliphatic carbocycles. The van der Waals surface area contributed by atoms with Crippen molar-refractivity contribution in [2.24, 2.45) is 0 Å². The number of aromatic amines is 1. The van der Waals surface area contributed by atoms with Crippen molar-refractivity contribution in [2.45, 2.75) is 32.8 Å². The number of amides is 1. The van der Waals surface area contributed by atoms with Gasteiger partial charge in [-0.3, -0.25) is 5.43 Å². The largest absolute Gasteiger partial charge is 0.443 e. The number of nitrogens with one attached hydrogen (secondary N) is 3. The van der Waals surface area contributed by atoms with Gasteiger partial charge in [0.2, 0.25) is 0 Å². The number of ether oxygens (including phenoxy) is 1. The molecular weight excluding hydrogens is 434 g/mol. The standard InChI is InChI=1S/C30H29N3O2/c1-30(2,3)28-27(23-15-9-10-16-24(23)31-28)26-22-14-8-7-13-21(22)17-18-25(26)32-33-29(34)35-19-20-11-5-4-6-12-20/h4-18,31-32H,19H2,1-3H3,(H,33,34).